The van der Waals surface area contributed by atoms with Crippen molar-refractivity contribution in [2.75, 3.05) is 26.2 Å². The minimum Gasteiger partial charge on any atom is -0.389 e. The Morgan fingerprint density at radius 3 is 2.25 bits per heavy atom. The zero-order valence-electron chi connectivity index (χ0n) is 14.7. The molecule has 0 radical (unpaired) electrons. The van der Waals surface area contributed by atoms with Crippen molar-refractivity contribution in [3.63, 3.8) is 0 Å². The number of hydrogen-bond donors (Lipinski definition) is 2. The van der Waals surface area contributed by atoms with Crippen LogP contribution in [0.2, 0.25) is 0 Å². The maximum Gasteiger partial charge on any atom is 0.223 e. The SMILES string of the molecule is CC(=O)N1CCC(C(=O)N[C@@H]2CCC[C@@H](N3CCCC3)[C@@H]2O)CC1. The lowest BCUT2D eigenvalue weighted by Crippen LogP contribution is -2.57. The first-order valence-electron chi connectivity index (χ1n) is 9.54. The Bertz CT molecular complexity index is 456. The van der Waals surface area contributed by atoms with E-state index in [1.165, 1.54) is 12.8 Å². The standard InChI is InChI=1S/C18H31N3O3/c1-13(22)20-11-7-14(8-12-20)18(24)19-15-5-4-6-16(17(15)23)21-9-2-3-10-21/h14-17,23H,2-12H2,1H3,(H,19,24)/t15-,16-,17-/m1/s1. The molecule has 0 aromatic rings. The molecule has 2 saturated heterocycles. The summed E-state index contributed by atoms with van der Waals surface area (Å²) in [5.74, 6) is 0.120. The van der Waals surface area contributed by atoms with Crippen LogP contribution in [0.15, 0.2) is 0 Å². The summed E-state index contributed by atoms with van der Waals surface area (Å²) in [5.41, 5.74) is 0. The molecule has 2 amide bonds. The normalized spacial score (nSPS) is 32.8. The third kappa shape index (κ3) is 3.91. The fourth-order valence-corrected chi connectivity index (χ4v) is 4.54. The Kier molecular flexibility index (Phi) is 5.76. The van der Waals surface area contributed by atoms with Gasteiger partial charge in [0.05, 0.1) is 12.1 Å². The van der Waals surface area contributed by atoms with Gasteiger partial charge < -0.3 is 15.3 Å². The molecule has 6 nitrogen and oxygen atoms in total. The number of aliphatic hydroxyl groups excluding tert-OH is 1. The molecule has 2 N–H and O–H groups in total. The highest BCUT2D eigenvalue weighted by molar-refractivity contribution is 5.80. The van der Waals surface area contributed by atoms with E-state index in [4.69, 9.17) is 0 Å². The second-order valence-electron chi connectivity index (χ2n) is 7.63. The van der Waals surface area contributed by atoms with Gasteiger partial charge in [0.1, 0.15) is 0 Å². The van der Waals surface area contributed by atoms with Crippen molar-refractivity contribution in [1.29, 1.82) is 0 Å². The summed E-state index contributed by atoms with van der Waals surface area (Å²) in [4.78, 5) is 28.2. The first kappa shape index (κ1) is 17.7. The molecule has 0 spiro atoms. The number of piperidine rings is 1. The van der Waals surface area contributed by atoms with E-state index >= 15 is 0 Å². The van der Waals surface area contributed by atoms with Crippen molar-refractivity contribution in [3.05, 3.63) is 0 Å². The van der Waals surface area contributed by atoms with Gasteiger partial charge in [-0.2, -0.15) is 0 Å². The fraction of sp³-hybridized carbons (Fsp3) is 0.889. The van der Waals surface area contributed by atoms with Crippen molar-refractivity contribution in [2.24, 2.45) is 5.92 Å². The first-order chi connectivity index (χ1) is 11.6. The first-order valence-corrected chi connectivity index (χ1v) is 9.54. The zero-order chi connectivity index (χ0) is 17.1. The molecule has 0 bridgehead atoms. The van der Waals surface area contributed by atoms with E-state index in [1.807, 2.05) is 4.90 Å². The van der Waals surface area contributed by atoms with E-state index in [1.54, 1.807) is 6.92 Å². The molecule has 3 fully saturated rings. The number of aliphatic hydroxyl groups is 1. The van der Waals surface area contributed by atoms with Gasteiger partial charge in [0.25, 0.3) is 0 Å². The highest BCUT2D eigenvalue weighted by Crippen LogP contribution is 2.27. The van der Waals surface area contributed by atoms with E-state index in [9.17, 15) is 14.7 Å². The summed E-state index contributed by atoms with van der Waals surface area (Å²) < 4.78 is 0. The number of likely N-dealkylation sites (tertiary alicyclic amines) is 2. The molecular formula is C18H31N3O3. The average Bonchev–Trinajstić information content (AvgIpc) is 3.11. The molecule has 1 saturated carbocycles. The highest BCUT2D eigenvalue weighted by atomic mass is 16.3. The van der Waals surface area contributed by atoms with Gasteiger partial charge in [-0.3, -0.25) is 14.5 Å². The summed E-state index contributed by atoms with van der Waals surface area (Å²) in [7, 11) is 0. The van der Waals surface area contributed by atoms with Crippen molar-refractivity contribution >= 4 is 11.8 Å². The Morgan fingerprint density at radius 2 is 1.62 bits per heavy atom. The number of hydrogen-bond acceptors (Lipinski definition) is 4. The fourth-order valence-electron chi connectivity index (χ4n) is 4.54. The molecule has 2 heterocycles. The van der Waals surface area contributed by atoms with Gasteiger partial charge in [-0.1, -0.05) is 0 Å². The summed E-state index contributed by atoms with van der Waals surface area (Å²) in [6.45, 7) is 5.06. The molecule has 24 heavy (non-hydrogen) atoms. The van der Waals surface area contributed by atoms with Gasteiger partial charge in [-0.25, -0.2) is 0 Å². The molecule has 0 unspecified atom stereocenters. The smallest absolute Gasteiger partial charge is 0.223 e. The Hall–Kier alpha value is -1.14. The maximum atomic E-state index is 12.6. The van der Waals surface area contributed by atoms with E-state index in [-0.39, 0.29) is 29.8 Å². The summed E-state index contributed by atoms with van der Waals surface area (Å²) >= 11 is 0. The van der Waals surface area contributed by atoms with Crippen LogP contribution in [0.1, 0.15) is 51.9 Å². The zero-order valence-corrected chi connectivity index (χ0v) is 14.7. The van der Waals surface area contributed by atoms with Gasteiger partial charge in [-0.15, -0.1) is 0 Å². The summed E-state index contributed by atoms with van der Waals surface area (Å²) in [6, 6.07) is 0.0776. The second-order valence-corrected chi connectivity index (χ2v) is 7.63. The van der Waals surface area contributed by atoms with Gasteiger partial charge in [0, 0.05) is 32.0 Å². The van der Waals surface area contributed by atoms with Crippen LogP contribution in [0.4, 0.5) is 0 Å². The Balaban J connectivity index is 1.51. The van der Waals surface area contributed by atoms with Gasteiger partial charge in [0.2, 0.25) is 11.8 Å². The average molecular weight is 337 g/mol. The van der Waals surface area contributed by atoms with Crippen LogP contribution in [-0.2, 0) is 9.59 Å². The van der Waals surface area contributed by atoms with E-state index in [0.717, 1.165) is 45.2 Å². The summed E-state index contributed by atoms with van der Waals surface area (Å²) in [5, 5.41) is 13.9. The van der Waals surface area contributed by atoms with Gasteiger partial charge in [-0.05, 0) is 58.0 Å². The number of carbonyl (C=O) groups excluding carboxylic acids is 2. The lowest BCUT2D eigenvalue weighted by molar-refractivity contribution is -0.135. The molecule has 136 valence electrons. The Morgan fingerprint density at radius 1 is 0.958 bits per heavy atom. The van der Waals surface area contributed by atoms with Gasteiger partial charge >= 0.3 is 0 Å². The molecule has 6 heteroatoms. The maximum absolute atomic E-state index is 12.6. The van der Waals surface area contributed by atoms with Crippen LogP contribution in [0.25, 0.3) is 0 Å². The molecule has 3 aliphatic rings. The van der Waals surface area contributed by atoms with Crippen LogP contribution in [0, 0.1) is 5.92 Å². The molecule has 2 aliphatic heterocycles. The predicted octanol–water partition coefficient (Wildman–Crippen LogP) is 0.739. The lowest BCUT2D eigenvalue weighted by Gasteiger charge is -2.40. The largest absolute Gasteiger partial charge is 0.389 e. The van der Waals surface area contributed by atoms with Crippen LogP contribution in [0.3, 0.4) is 0 Å². The quantitative estimate of drug-likeness (QED) is 0.797. The lowest BCUT2D eigenvalue weighted by atomic mass is 9.86. The topological polar surface area (TPSA) is 72.9 Å². The number of nitrogens with zero attached hydrogens (tertiary/aromatic N) is 2. The van der Waals surface area contributed by atoms with Crippen LogP contribution < -0.4 is 5.32 Å². The van der Waals surface area contributed by atoms with Crippen molar-refractivity contribution in [1.82, 2.24) is 15.1 Å². The highest BCUT2D eigenvalue weighted by Gasteiger charge is 2.38. The van der Waals surface area contributed by atoms with Crippen LogP contribution >= 0.6 is 0 Å². The summed E-state index contributed by atoms with van der Waals surface area (Å²) in [6.07, 6.45) is 6.38. The Labute approximate surface area is 144 Å². The van der Waals surface area contributed by atoms with E-state index in [0.29, 0.717) is 13.1 Å². The monoisotopic (exact) mass is 337 g/mol. The van der Waals surface area contributed by atoms with Crippen molar-refractivity contribution < 1.29 is 14.7 Å². The molecular weight excluding hydrogens is 306 g/mol. The number of rotatable bonds is 3. The number of carbonyl (C=O) groups is 2. The van der Waals surface area contributed by atoms with Crippen molar-refractivity contribution in [3.8, 4) is 0 Å². The van der Waals surface area contributed by atoms with E-state index in [2.05, 4.69) is 10.2 Å². The number of nitrogens with one attached hydrogen (secondary N) is 1. The second kappa shape index (κ2) is 7.83. The minimum absolute atomic E-state index is 0.0278. The van der Waals surface area contributed by atoms with E-state index < -0.39 is 6.10 Å². The molecule has 3 rings (SSSR count). The molecule has 0 aromatic carbocycles. The molecule has 0 aromatic heterocycles. The molecule has 3 atom stereocenters. The van der Waals surface area contributed by atoms with Crippen molar-refractivity contribution in [2.45, 2.75) is 70.1 Å². The van der Waals surface area contributed by atoms with Crippen LogP contribution in [0.5, 0.6) is 0 Å². The number of amides is 2. The van der Waals surface area contributed by atoms with Gasteiger partial charge in [0.15, 0.2) is 0 Å². The predicted molar refractivity (Wildman–Crippen MR) is 91.4 cm³/mol. The third-order valence-electron chi connectivity index (χ3n) is 6.07. The molecule has 1 aliphatic carbocycles. The minimum atomic E-state index is -0.460. The third-order valence-corrected chi connectivity index (χ3v) is 6.07. The van der Waals surface area contributed by atoms with Crippen LogP contribution in [-0.4, -0.2) is 71.1 Å².